The molecule has 0 saturated carbocycles. The third-order valence-corrected chi connectivity index (χ3v) is 5.96. The fourth-order valence-corrected chi connectivity index (χ4v) is 4.60. The Balaban J connectivity index is 1.60. The summed E-state index contributed by atoms with van der Waals surface area (Å²) in [4.78, 5) is 2.51. The topological polar surface area (TPSA) is 23.5 Å². The lowest BCUT2D eigenvalue weighted by Gasteiger charge is -2.42. The molecule has 0 aliphatic carbocycles. The molecule has 1 aromatic heterocycles. The van der Waals surface area contributed by atoms with Crippen LogP contribution in [-0.2, 0) is 5.60 Å². The normalized spacial score (nSPS) is 17.7. The van der Waals surface area contributed by atoms with Crippen LogP contribution in [0.3, 0.4) is 0 Å². The zero-order valence-corrected chi connectivity index (χ0v) is 15.0. The van der Waals surface area contributed by atoms with Gasteiger partial charge in [-0.2, -0.15) is 11.3 Å². The van der Waals surface area contributed by atoms with Crippen LogP contribution < -0.4 is 0 Å². The first-order valence-electron chi connectivity index (χ1n) is 8.85. The van der Waals surface area contributed by atoms with Crippen LogP contribution in [0.5, 0.6) is 0 Å². The predicted octanol–water partition coefficient (Wildman–Crippen LogP) is 4.82. The van der Waals surface area contributed by atoms with E-state index in [1.54, 1.807) is 11.3 Å². The highest BCUT2D eigenvalue weighted by Crippen LogP contribution is 2.38. The summed E-state index contributed by atoms with van der Waals surface area (Å²) in [7, 11) is 0. The van der Waals surface area contributed by atoms with Crippen LogP contribution in [-0.4, -0.2) is 23.1 Å². The number of nitrogens with zero attached hydrogens (tertiary/aromatic N) is 1. The molecule has 2 aromatic carbocycles. The molecule has 0 bridgehead atoms. The summed E-state index contributed by atoms with van der Waals surface area (Å²) < 4.78 is 0. The molecule has 128 valence electrons. The van der Waals surface area contributed by atoms with Gasteiger partial charge < -0.3 is 5.11 Å². The number of aliphatic hydroxyl groups is 1. The summed E-state index contributed by atoms with van der Waals surface area (Å²) in [6.07, 6.45) is 1.56. The van der Waals surface area contributed by atoms with E-state index in [1.165, 1.54) is 11.1 Å². The van der Waals surface area contributed by atoms with Crippen LogP contribution in [0.15, 0.2) is 77.5 Å². The highest BCUT2D eigenvalue weighted by molar-refractivity contribution is 7.08. The number of rotatable bonds is 4. The Morgan fingerprint density at radius 1 is 0.840 bits per heavy atom. The first kappa shape index (κ1) is 16.5. The highest BCUT2D eigenvalue weighted by atomic mass is 32.1. The predicted molar refractivity (Wildman–Crippen MR) is 104 cm³/mol. The van der Waals surface area contributed by atoms with E-state index in [-0.39, 0.29) is 6.04 Å². The molecule has 0 spiro atoms. The van der Waals surface area contributed by atoms with Crippen LogP contribution in [0.1, 0.15) is 35.6 Å². The molecule has 1 saturated heterocycles. The first-order valence-corrected chi connectivity index (χ1v) is 9.79. The number of piperidine rings is 1. The van der Waals surface area contributed by atoms with Crippen molar-refractivity contribution in [2.24, 2.45) is 0 Å². The minimum absolute atomic E-state index is 0.245. The van der Waals surface area contributed by atoms with Gasteiger partial charge in [0, 0.05) is 13.1 Å². The van der Waals surface area contributed by atoms with Crippen molar-refractivity contribution < 1.29 is 5.11 Å². The van der Waals surface area contributed by atoms with E-state index in [0.29, 0.717) is 0 Å². The van der Waals surface area contributed by atoms with Crippen molar-refractivity contribution in [3.63, 3.8) is 0 Å². The third kappa shape index (κ3) is 3.40. The van der Waals surface area contributed by atoms with Gasteiger partial charge >= 0.3 is 0 Å². The monoisotopic (exact) mass is 349 g/mol. The summed E-state index contributed by atoms with van der Waals surface area (Å²) in [6, 6.07) is 23.7. The van der Waals surface area contributed by atoms with Crippen molar-refractivity contribution in [2.75, 3.05) is 13.1 Å². The second kappa shape index (κ2) is 7.12. The Kier molecular flexibility index (Phi) is 4.71. The van der Waals surface area contributed by atoms with Gasteiger partial charge in [0.2, 0.25) is 0 Å². The van der Waals surface area contributed by atoms with Crippen LogP contribution in [0.2, 0.25) is 0 Å². The summed E-state index contributed by atoms with van der Waals surface area (Å²) >= 11 is 1.66. The van der Waals surface area contributed by atoms with Crippen LogP contribution in [0.4, 0.5) is 0 Å². The fraction of sp³-hybridized carbons (Fsp3) is 0.273. The molecule has 25 heavy (non-hydrogen) atoms. The second-order valence-electron chi connectivity index (χ2n) is 6.80. The quantitative estimate of drug-likeness (QED) is 0.730. The molecular formula is C22H23NOS. The maximum absolute atomic E-state index is 11.1. The zero-order chi connectivity index (χ0) is 17.1. The Bertz CT molecular complexity index is 738. The second-order valence-corrected chi connectivity index (χ2v) is 7.58. The van der Waals surface area contributed by atoms with Crippen LogP contribution in [0.25, 0.3) is 0 Å². The van der Waals surface area contributed by atoms with Gasteiger partial charge in [0.15, 0.2) is 0 Å². The fourth-order valence-electron chi connectivity index (χ4n) is 3.85. The molecule has 1 aliphatic heterocycles. The van der Waals surface area contributed by atoms with Crippen molar-refractivity contribution in [1.82, 2.24) is 4.90 Å². The average molecular weight is 349 g/mol. The molecule has 3 heteroatoms. The molecule has 1 aliphatic rings. The van der Waals surface area contributed by atoms with Gasteiger partial charge in [-0.3, -0.25) is 4.90 Å². The number of hydrogen-bond acceptors (Lipinski definition) is 3. The van der Waals surface area contributed by atoms with Gasteiger partial charge in [0.1, 0.15) is 0 Å². The Morgan fingerprint density at radius 2 is 1.40 bits per heavy atom. The molecule has 0 unspecified atom stereocenters. The lowest BCUT2D eigenvalue weighted by atomic mass is 9.84. The van der Waals surface area contributed by atoms with Gasteiger partial charge in [-0.15, -0.1) is 0 Å². The average Bonchev–Trinajstić information content (AvgIpc) is 3.21. The number of benzene rings is 2. The van der Waals surface area contributed by atoms with Crippen molar-refractivity contribution in [1.29, 1.82) is 0 Å². The molecule has 2 heterocycles. The smallest absolute Gasteiger partial charge is 0.0928 e. The molecule has 2 nitrogen and oxygen atoms in total. The maximum Gasteiger partial charge on any atom is 0.0928 e. The number of thiophene rings is 1. The van der Waals surface area contributed by atoms with Crippen molar-refractivity contribution in [2.45, 2.75) is 24.5 Å². The van der Waals surface area contributed by atoms with E-state index in [9.17, 15) is 5.11 Å². The molecule has 0 atom stereocenters. The number of hydrogen-bond donors (Lipinski definition) is 1. The molecule has 4 rings (SSSR count). The molecule has 1 N–H and O–H groups in total. The zero-order valence-electron chi connectivity index (χ0n) is 14.2. The largest absolute Gasteiger partial charge is 0.385 e. The van der Waals surface area contributed by atoms with Crippen LogP contribution in [0, 0.1) is 0 Å². The first-order chi connectivity index (χ1) is 12.3. The van der Waals surface area contributed by atoms with E-state index in [2.05, 4.69) is 82.4 Å². The maximum atomic E-state index is 11.1. The van der Waals surface area contributed by atoms with Gasteiger partial charge in [-0.05, 0) is 46.4 Å². The summed E-state index contributed by atoms with van der Waals surface area (Å²) in [5.41, 5.74) is 3.03. The minimum Gasteiger partial charge on any atom is -0.385 e. The van der Waals surface area contributed by atoms with Crippen LogP contribution >= 0.6 is 11.3 Å². The Morgan fingerprint density at radius 3 is 1.88 bits per heavy atom. The summed E-state index contributed by atoms with van der Waals surface area (Å²) in [6.45, 7) is 1.78. The molecule has 0 amide bonds. The Hall–Kier alpha value is -1.94. The molecule has 0 radical (unpaired) electrons. The van der Waals surface area contributed by atoms with Gasteiger partial charge in [0.05, 0.1) is 11.6 Å². The summed E-state index contributed by atoms with van der Waals surface area (Å²) in [5, 5.41) is 15.2. The van der Waals surface area contributed by atoms with Gasteiger partial charge in [-0.25, -0.2) is 0 Å². The van der Waals surface area contributed by atoms with Crippen molar-refractivity contribution >= 4 is 11.3 Å². The SMILES string of the molecule is OC1(c2ccsc2)CCN(C(c2ccccc2)c2ccccc2)CC1. The van der Waals surface area contributed by atoms with E-state index in [1.807, 2.05) is 0 Å². The number of likely N-dealkylation sites (tertiary alicyclic amines) is 1. The minimum atomic E-state index is -0.672. The third-order valence-electron chi connectivity index (χ3n) is 5.28. The van der Waals surface area contributed by atoms with E-state index in [0.717, 1.165) is 31.5 Å². The van der Waals surface area contributed by atoms with E-state index >= 15 is 0 Å². The van der Waals surface area contributed by atoms with E-state index in [4.69, 9.17) is 0 Å². The molecular weight excluding hydrogens is 326 g/mol. The highest BCUT2D eigenvalue weighted by Gasteiger charge is 2.36. The van der Waals surface area contributed by atoms with Gasteiger partial charge in [0.25, 0.3) is 0 Å². The molecule has 3 aromatic rings. The Labute approximate surface area is 153 Å². The standard InChI is InChI=1S/C22H23NOS/c24-22(20-11-16-25-17-20)12-14-23(15-13-22)21(18-7-3-1-4-8-18)19-9-5-2-6-10-19/h1-11,16-17,21,24H,12-15H2. The van der Waals surface area contributed by atoms with E-state index < -0.39 is 5.60 Å². The molecule has 1 fully saturated rings. The lowest BCUT2D eigenvalue weighted by molar-refractivity contribution is -0.0321. The lowest BCUT2D eigenvalue weighted by Crippen LogP contribution is -2.44. The summed E-state index contributed by atoms with van der Waals surface area (Å²) in [5.74, 6) is 0. The van der Waals surface area contributed by atoms with Gasteiger partial charge in [-0.1, -0.05) is 60.7 Å². The van der Waals surface area contributed by atoms with Crippen molar-refractivity contribution in [3.05, 3.63) is 94.2 Å². The van der Waals surface area contributed by atoms with Crippen molar-refractivity contribution in [3.8, 4) is 0 Å².